The van der Waals surface area contributed by atoms with Gasteiger partial charge in [0, 0.05) is 0 Å². The van der Waals surface area contributed by atoms with Crippen molar-refractivity contribution < 1.29 is 27.0 Å². The highest BCUT2D eigenvalue weighted by molar-refractivity contribution is 5.62. The fourth-order valence-corrected chi connectivity index (χ4v) is 1.24. The van der Waals surface area contributed by atoms with E-state index in [1.165, 1.54) is 18.2 Å². The van der Waals surface area contributed by atoms with Gasteiger partial charge in [-0.05, 0) is 26.0 Å². The van der Waals surface area contributed by atoms with Gasteiger partial charge in [0.25, 0.3) is 0 Å². The first-order valence-corrected chi connectivity index (χ1v) is 5.58. The Morgan fingerprint density at radius 3 is 2.32 bits per heavy atom. The Kier molecular flexibility index (Phi) is 4.85. The summed E-state index contributed by atoms with van der Waals surface area (Å²) in [6.07, 6.45) is -3.95. The molecular weight excluding hydrogens is 266 g/mol. The molecule has 0 unspecified atom stereocenters. The van der Waals surface area contributed by atoms with Gasteiger partial charge in [0.15, 0.2) is 6.61 Å². The first-order chi connectivity index (χ1) is 8.74. The van der Waals surface area contributed by atoms with Crippen LogP contribution in [0.3, 0.4) is 0 Å². The molecule has 1 aromatic carbocycles. The Bertz CT molecular complexity index is 424. The van der Waals surface area contributed by atoms with Gasteiger partial charge in [-0.2, -0.15) is 8.78 Å². The standard InChI is InChI=1S/C12H15F4NO2/c1-7(2)19-9-5-3-4-8(10(9)17)18-6-12(15,16)11(13)14/h3-5,7,11H,6,17H2,1-2H3. The molecule has 0 atom stereocenters. The first-order valence-electron chi connectivity index (χ1n) is 5.58. The highest BCUT2D eigenvalue weighted by Crippen LogP contribution is 2.33. The van der Waals surface area contributed by atoms with Gasteiger partial charge in [-0.1, -0.05) is 6.07 Å². The molecule has 0 bridgehead atoms. The first kappa shape index (κ1) is 15.4. The van der Waals surface area contributed by atoms with Crippen LogP contribution >= 0.6 is 0 Å². The number of anilines is 1. The Labute approximate surface area is 108 Å². The molecule has 1 rings (SSSR count). The number of halogens is 4. The lowest BCUT2D eigenvalue weighted by atomic mass is 10.2. The van der Waals surface area contributed by atoms with E-state index in [4.69, 9.17) is 10.5 Å². The number of rotatable bonds is 6. The van der Waals surface area contributed by atoms with Crippen molar-refractivity contribution in [3.63, 3.8) is 0 Å². The fraction of sp³-hybridized carbons (Fsp3) is 0.500. The van der Waals surface area contributed by atoms with Crippen LogP contribution in [-0.4, -0.2) is 25.1 Å². The van der Waals surface area contributed by atoms with E-state index < -0.39 is 19.0 Å². The average molecular weight is 281 g/mol. The highest BCUT2D eigenvalue weighted by Gasteiger charge is 2.41. The lowest BCUT2D eigenvalue weighted by molar-refractivity contribution is -0.148. The van der Waals surface area contributed by atoms with Crippen molar-refractivity contribution in [2.45, 2.75) is 32.3 Å². The van der Waals surface area contributed by atoms with Gasteiger partial charge in [0.05, 0.1) is 6.10 Å². The van der Waals surface area contributed by atoms with Crippen molar-refractivity contribution in [2.75, 3.05) is 12.3 Å². The predicted octanol–water partition coefficient (Wildman–Crippen LogP) is 3.34. The van der Waals surface area contributed by atoms with Crippen molar-refractivity contribution in [1.82, 2.24) is 0 Å². The molecule has 3 nitrogen and oxygen atoms in total. The summed E-state index contributed by atoms with van der Waals surface area (Å²) < 4.78 is 59.4. The molecule has 0 spiro atoms. The van der Waals surface area contributed by atoms with Gasteiger partial charge in [-0.3, -0.25) is 0 Å². The van der Waals surface area contributed by atoms with Crippen molar-refractivity contribution in [2.24, 2.45) is 0 Å². The minimum absolute atomic E-state index is 0.00117. The molecule has 1 aromatic rings. The number of ether oxygens (including phenoxy) is 2. The number of hydrogen-bond donors (Lipinski definition) is 1. The molecule has 0 amide bonds. The minimum atomic E-state index is -4.22. The van der Waals surface area contributed by atoms with Gasteiger partial charge < -0.3 is 15.2 Å². The molecular formula is C12H15F4NO2. The smallest absolute Gasteiger partial charge is 0.340 e. The molecule has 0 aliphatic carbocycles. The molecule has 2 N–H and O–H groups in total. The molecule has 19 heavy (non-hydrogen) atoms. The third kappa shape index (κ3) is 4.18. The second-order valence-corrected chi connectivity index (χ2v) is 4.18. The van der Waals surface area contributed by atoms with Gasteiger partial charge >= 0.3 is 12.3 Å². The van der Waals surface area contributed by atoms with Crippen LogP contribution in [0.2, 0.25) is 0 Å². The topological polar surface area (TPSA) is 44.5 Å². The Morgan fingerprint density at radius 2 is 1.79 bits per heavy atom. The zero-order valence-corrected chi connectivity index (χ0v) is 10.5. The third-order valence-corrected chi connectivity index (χ3v) is 2.13. The summed E-state index contributed by atoms with van der Waals surface area (Å²) in [7, 11) is 0. The van der Waals surface area contributed by atoms with E-state index in [9.17, 15) is 17.6 Å². The number of nitrogens with two attached hydrogens (primary N) is 1. The van der Waals surface area contributed by atoms with Crippen LogP contribution in [0.15, 0.2) is 18.2 Å². The van der Waals surface area contributed by atoms with Gasteiger partial charge in [-0.25, -0.2) is 8.78 Å². The van der Waals surface area contributed by atoms with Crippen molar-refractivity contribution in [3.05, 3.63) is 18.2 Å². The molecule has 0 aromatic heterocycles. The van der Waals surface area contributed by atoms with Crippen LogP contribution < -0.4 is 15.2 Å². The zero-order valence-electron chi connectivity index (χ0n) is 10.5. The quantitative estimate of drug-likeness (QED) is 0.642. The SMILES string of the molecule is CC(C)Oc1cccc(OCC(F)(F)C(F)F)c1N. The molecule has 0 saturated carbocycles. The summed E-state index contributed by atoms with van der Waals surface area (Å²) in [5.41, 5.74) is 5.66. The molecule has 0 aliphatic heterocycles. The second kappa shape index (κ2) is 5.99. The van der Waals surface area contributed by atoms with Crippen molar-refractivity contribution in [3.8, 4) is 11.5 Å². The van der Waals surface area contributed by atoms with Gasteiger partial charge in [-0.15, -0.1) is 0 Å². The number of alkyl halides is 4. The highest BCUT2D eigenvalue weighted by atomic mass is 19.3. The Morgan fingerprint density at radius 1 is 1.21 bits per heavy atom. The second-order valence-electron chi connectivity index (χ2n) is 4.18. The minimum Gasteiger partial charge on any atom is -0.489 e. The van der Waals surface area contributed by atoms with E-state index in [1.807, 2.05) is 0 Å². The average Bonchev–Trinajstić information content (AvgIpc) is 2.29. The van der Waals surface area contributed by atoms with E-state index in [0.29, 0.717) is 0 Å². The largest absolute Gasteiger partial charge is 0.489 e. The van der Waals surface area contributed by atoms with Crippen LogP contribution in [0.5, 0.6) is 11.5 Å². The van der Waals surface area contributed by atoms with Gasteiger partial charge in [0.2, 0.25) is 0 Å². The summed E-state index contributed by atoms with van der Waals surface area (Å²) >= 11 is 0. The molecule has 0 heterocycles. The van der Waals surface area contributed by atoms with Crippen LogP contribution in [0.25, 0.3) is 0 Å². The Hall–Kier alpha value is -1.66. The molecule has 108 valence electrons. The number of para-hydroxylation sites is 1. The maximum absolute atomic E-state index is 12.7. The van der Waals surface area contributed by atoms with E-state index in [-0.39, 0.29) is 23.3 Å². The molecule has 0 saturated heterocycles. The van der Waals surface area contributed by atoms with E-state index in [1.54, 1.807) is 13.8 Å². The van der Waals surface area contributed by atoms with Crippen LogP contribution in [0.4, 0.5) is 23.2 Å². The normalized spacial score (nSPS) is 12.0. The summed E-state index contributed by atoms with van der Waals surface area (Å²) in [5.74, 6) is -4.08. The molecule has 0 radical (unpaired) electrons. The van der Waals surface area contributed by atoms with Crippen LogP contribution in [-0.2, 0) is 0 Å². The van der Waals surface area contributed by atoms with E-state index >= 15 is 0 Å². The summed E-state index contributed by atoms with van der Waals surface area (Å²) in [5, 5.41) is 0. The predicted molar refractivity (Wildman–Crippen MR) is 63.1 cm³/mol. The number of nitrogen functional groups attached to an aromatic ring is 1. The van der Waals surface area contributed by atoms with Crippen LogP contribution in [0.1, 0.15) is 13.8 Å². The lowest BCUT2D eigenvalue weighted by Crippen LogP contribution is -2.33. The van der Waals surface area contributed by atoms with Gasteiger partial charge in [0.1, 0.15) is 17.2 Å². The molecule has 7 heteroatoms. The lowest BCUT2D eigenvalue weighted by Gasteiger charge is -2.18. The molecule has 0 aliphatic rings. The van der Waals surface area contributed by atoms with E-state index in [2.05, 4.69) is 4.74 Å². The van der Waals surface area contributed by atoms with Crippen molar-refractivity contribution >= 4 is 5.69 Å². The summed E-state index contributed by atoms with van der Waals surface area (Å²) in [6, 6.07) is 4.32. The monoisotopic (exact) mass is 281 g/mol. The Balaban J connectivity index is 2.80. The summed E-state index contributed by atoms with van der Waals surface area (Å²) in [4.78, 5) is 0. The van der Waals surface area contributed by atoms with E-state index in [0.717, 1.165) is 0 Å². The molecule has 0 fully saturated rings. The van der Waals surface area contributed by atoms with Crippen molar-refractivity contribution in [1.29, 1.82) is 0 Å². The third-order valence-electron chi connectivity index (χ3n) is 2.13. The maximum atomic E-state index is 12.7. The number of benzene rings is 1. The summed E-state index contributed by atoms with van der Waals surface area (Å²) in [6.45, 7) is 2.08. The number of hydrogen-bond acceptors (Lipinski definition) is 3. The maximum Gasteiger partial charge on any atom is 0.340 e. The van der Waals surface area contributed by atoms with Crippen LogP contribution in [0, 0.1) is 0 Å². The fourth-order valence-electron chi connectivity index (χ4n) is 1.24. The zero-order chi connectivity index (χ0) is 14.6.